The van der Waals surface area contributed by atoms with Crippen molar-refractivity contribution in [2.45, 2.75) is 70.6 Å². The van der Waals surface area contributed by atoms with E-state index in [1.807, 2.05) is 13.8 Å². The van der Waals surface area contributed by atoms with Crippen molar-refractivity contribution >= 4 is 0 Å². The van der Waals surface area contributed by atoms with E-state index in [1.54, 1.807) is 0 Å². The first-order chi connectivity index (χ1) is 9.18. The molecule has 0 aliphatic heterocycles. The van der Waals surface area contributed by atoms with Crippen LogP contribution in [-0.2, 0) is 9.47 Å². The highest BCUT2D eigenvalue weighted by atomic mass is 16.5. The van der Waals surface area contributed by atoms with Gasteiger partial charge in [-0.3, -0.25) is 0 Å². The molecule has 1 aliphatic carbocycles. The van der Waals surface area contributed by atoms with E-state index in [0.29, 0.717) is 32.4 Å². The van der Waals surface area contributed by atoms with Gasteiger partial charge in [0.1, 0.15) is 0 Å². The molecule has 114 valence electrons. The Morgan fingerprint density at radius 2 is 1.79 bits per heavy atom. The SMILES string of the molecule is CC(C)OCCOCC(O)CNC1CCCCCC1. The number of nitrogens with one attached hydrogen (secondary N) is 1. The molecule has 19 heavy (non-hydrogen) atoms. The van der Waals surface area contributed by atoms with Crippen molar-refractivity contribution in [3.05, 3.63) is 0 Å². The van der Waals surface area contributed by atoms with Crippen LogP contribution in [0, 0.1) is 0 Å². The molecule has 0 heterocycles. The fraction of sp³-hybridized carbons (Fsp3) is 1.00. The van der Waals surface area contributed by atoms with Crippen molar-refractivity contribution < 1.29 is 14.6 Å². The summed E-state index contributed by atoms with van der Waals surface area (Å²) < 4.78 is 10.8. The summed E-state index contributed by atoms with van der Waals surface area (Å²) >= 11 is 0. The maximum Gasteiger partial charge on any atom is 0.0897 e. The van der Waals surface area contributed by atoms with Gasteiger partial charge in [-0.1, -0.05) is 25.7 Å². The zero-order valence-electron chi connectivity index (χ0n) is 12.6. The lowest BCUT2D eigenvalue weighted by molar-refractivity contribution is -0.0106. The zero-order chi connectivity index (χ0) is 13.9. The Bertz CT molecular complexity index is 204. The van der Waals surface area contributed by atoms with Crippen LogP contribution in [0.2, 0.25) is 0 Å². The smallest absolute Gasteiger partial charge is 0.0897 e. The van der Waals surface area contributed by atoms with Crippen LogP contribution in [0.15, 0.2) is 0 Å². The Balaban J connectivity index is 1.96. The average Bonchev–Trinajstić information content (AvgIpc) is 2.64. The zero-order valence-corrected chi connectivity index (χ0v) is 12.6. The van der Waals surface area contributed by atoms with E-state index in [2.05, 4.69) is 5.32 Å². The Kier molecular flexibility index (Phi) is 9.43. The summed E-state index contributed by atoms with van der Waals surface area (Å²) in [6.45, 7) is 6.19. The molecule has 1 fully saturated rings. The lowest BCUT2D eigenvalue weighted by Crippen LogP contribution is -2.37. The van der Waals surface area contributed by atoms with E-state index in [4.69, 9.17) is 9.47 Å². The Labute approximate surface area is 117 Å². The van der Waals surface area contributed by atoms with Crippen molar-refractivity contribution in [3.8, 4) is 0 Å². The van der Waals surface area contributed by atoms with Gasteiger partial charge in [0.15, 0.2) is 0 Å². The van der Waals surface area contributed by atoms with E-state index in [9.17, 15) is 5.11 Å². The van der Waals surface area contributed by atoms with Gasteiger partial charge in [0.05, 0.1) is 32.0 Å². The third-order valence-electron chi connectivity index (χ3n) is 3.49. The van der Waals surface area contributed by atoms with Gasteiger partial charge in [-0.25, -0.2) is 0 Å². The van der Waals surface area contributed by atoms with Gasteiger partial charge in [0.25, 0.3) is 0 Å². The highest BCUT2D eigenvalue weighted by Gasteiger charge is 2.13. The number of hydrogen-bond donors (Lipinski definition) is 2. The van der Waals surface area contributed by atoms with E-state index < -0.39 is 6.10 Å². The second kappa shape index (κ2) is 10.6. The fourth-order valence-corrected chi connectivity index (χ4v) is 2.41. The summed E-state index contributed by atoms with van der Waals surface area (Å²) in [5.74, 6) is 0. The Morgan fingerprint density at radius 1 is 1.11 bits per heavy atom. The molecule has 1 atom stereocenters. The number of ether oxygens (including phenoxy) is 2. The minimum atomic E-state index is -0.415. The lowest BCUT2D eigenvalue weighted by Gasteiger charge is -2.19. The monoisotopic (exact) mass is 273 g/mol. The molecule has 0 aromatic heterocycles. The average molecular weight is 273 g/mol. The quantitative estimate of drug-likeness (QED) is 0.499. The summed E-state index contributed by atoms with van der Waals surface area (Å²) in [5.41, 5.74) is 0. The van der Waals surface area contributed by atoms with Gasteiger partial charge in [0, 0.05) is 12.6 Å². The first-order valence-corrected chi connectivity index (χ1v) is 7.79. The second-order valence-electron chi connectivity index (χ2n) is 5.75. The molecule has 0 bridgehead atoms. The first-order valence-electron chi connectivity index (χ1n) is 7.79. The summed E-state index contributed by atoms with van der Waals surface area (Å²) in [6, 6.07) is 0.585. The lowest BCUT2D eigenvalue weighted by atomic mass is 10.1. The van der Waals surface area contributed by atoms with E-state index in [1.165, 1.54) is 38.5 Å². The third-order valence-corrected chi connectivity index (χ3v) is 3.49. The molecule has 1 unspecified atom stereocenters. The fourth-order valence-electron chi connectivity index (χ4n) is 2.41. The molecule has 0 radical (unpaired) electrons. The molecule has 0 aromatic carbocycles. The minimum Gasteiger partial charge on any atom is -0.389 e. The maximum atomic E-state index is 9.83. The summed E-state index contributed by atoms with van der Waals surface area (Å²) in [6.07, 6.45) is 7.67. The predicted molar refractivity (Wildman–Crippen MR) is 77.4 cm³/mol. The van der Waals surface area contributed by atoms with Gasteiger partial charge < -0.3 is 19.9 Å². The predicted octanol–water partition coefficient (Wildman–Crippen LogP) is 2.10. The highest BCUT2D eigenvalue weighted by molar-refractivity contribution is 4.72. The van der Waals surface area contributed by atoms with Crippen molar-refractivity contribution in [3.63, 3.8) is 0 Å². The molecule has 0 amide bonds. The van der Waals surface area contributed by atoms with Crippen LogP contribution in [0.4, 0.5) is 0 Å². The molecular weight excluding hydrogens is 242 g/mol. The third kappa shape index (κ3) is 9.38. The standard InChI is InChI=1S/C15H31NO3/c1-13(2)19-10-9-18-12-15(17)11-16-14-7-5-3-4-6-8-14/h13-17H,3-12H2,1-2H3. The molecule has 4 heteroatoms. The molecule has 1 saturated carbocycles. The van der Waals surface area contributed by atoms with E-state index in [0.717, 1.165) is 0 Å². The molecule has 0 aromatic rings. The number of aliphatic hydroxyl groups excluding tert-OH is 1. The first kappa shape index (κ1) is 16.9. The van der Waals surface area contributed by atoms with Gasteiger partial charge >= 0.3 is 0 Å². The van der Waals surface area contributed by atoms with Crippen molar-refractivity contribution in [2.24, 2.45) is 0 Å². The van der Waals surface area contributed by atoms with Gasteiger partial charge in [-0.05, 0) is 26.7 Å². The molecule has 4 nitrogen and oxygen atoms in total. The molecule has 2 N–H and O–H groups in total. The number of aliphatic hydroxyl groups is 1. The van der Waals surface area contributed by atoms with Crippen molar-refractivity contribution in [1.82, 2.24) is 5.32 Å². The summed E-state index contributed by atoms with van der Waals surface area (Å²) in [4.78, 5) is 0. The summed E-state index contributed by atoms with van der Waals surface area (Å²) in [5, 5.41) is 13.3. The van der Waals surface area contributed by atoms with E-state index >= 15 is 0 Å². The molecule has 0 saturated heterocycles. The Morgan fingerprint density at radius 3 is 2.42 bits per heavy atom. The summed E-state index contributed by atoms with van der Waals surface area (Å²) in [7, 11) is 0. The minimum absolute atomic E-state index is 0.241. The van der Waals surface area contributed by atoms with Gasteiger partial charge in [0.2, 0.25) is 0 Å². The topological polar surface area (TPSA) is 50.7 Å². The van der Waals surface area contributed by atoms with Crippen molar-refractivity contribution in [1.29, 1.82) is 0 Å². The van der Waals surface area contributed by atoms with Crippen LogP contribution < -0.4 is 5.32 Å². The van der Waals surface area contributed by atoms with Crippen molar-refractivity contribution in [2.75, 3.05) is 26.4 Å². The van der Waals surface area contributed by atoms with Crippen LogP contribution >= 0.6 is 0 Å². The van der Waals surface area contributed by atoms with Crippen LogP contribution in [0.5, 0.6) is 0 Å². The van der Waals surface area contributed by atoms with Gasteiger partial charge in [-0.2, -0.15) is 0 Å². The van der Waals surface area contributed by atoms with Crippen LogP contribution in [0.25, 0.3) is 0 Å². The normalized spacial score (nSPS) is 19.6. The number of rotatable bonds is 9. The second-order valence-corrected chi connectivity index (χ2v) is 5.75. The van der Waals surface area contributed by atoms with Gasteiger partial charge in [-0.15, -0.1) is 0 Å². The van der Waals surface area contributed by atoms with E-state index in [-0.39, 0.29) is 6.10 Å². The molecular formula is C15H31NO3. The number of hydrogen-bond acceptors (Lipinski definition) is 4. The highest BCUT2D eigenvalue weighted by Crippen LogP contribution is 2.16. The van der Waals surface area contributed by atoms with Crippen LogP contribution in [0.1, 0.15) is 52.4 Å². The van der Waals surface area contributed by atoms with Crippen LogP contribution in [0.3, 0.4) is 0 Å². The largest absolute Gasteiger partial charge is 0.389 e. The molecule has 1 aliphatic rings. The molecule has 0 spiro atoms. The molecule has 1 rings (SSSR count). The Hall–Kier alpha value is -0.160. The maximum absolute atomic E-state index is 9.83. The van der Waals surface area contributed by atoms with Crippen LogP contribution in [-0.4, -0.2) is 49.7 Å².